The van der Waals surface area contributed by atoms with Crippen LogP contribution in [0.1, 0.15) is 15.9 Å². The summed E-state index contributed by atoms with van der Waals surface area (Å²) in [5, 5.41) is 11.9. The average Bonchev–Trinajstić information content (AvgIpc) is 2.42. The fraction of sp³-hybridized carbons (Fsp3) is 0.0714. The topological polar surface area (TPSA) is 49.3 Å². The monoisotopic (exact) mass is 313 g/mol. The zero-order chi connectivity index (χ0) is 14.7. The molecule has 2 aromatic rings. The maximum atomic E-state index is 13.3. The Morgan fingerprint density at radius 2 is 1.80 bits per heavy atom. The van der Waals surface area contributed by atoms with Crippen molar-refractivity contribution in [3.05, 3.63) is 63.4 Å². The lowest BCUT2D eigenvalue weighted by Crippen LogP contribution is -2.07. The smallest absolute Gasteiger partial charge is 0.336 e. The van der Waals surface area contributed by atoms with Crippen molar-refractivity contribution in [3.8, 4) is 0 Å². The van der Waals surface area contributed by atoms with Crippen molar-refractivity contribution in [2.75, 3.05) is 5.32 Å². The lowest BCUT2D eigenvalue weighted by Gasteiger charge is -2.10. The molecule has 0 amide bonds. The second-order valence-corrected chi connectivity index (χ2v) is 4.88. The second kappa shape index (κ2) is 6.11. The molecule has 2 aromatic carbocycles. The molecule has 0 aliphatic carbocycles. The minimum atomic E-state index is -1.00. The third kappa shape index (κ3) is 3.21. The first-order valence-electron chi connectivity index (χ1n) is 5.68. The molecule has 0 aliphatic heterocycles. The van der Waals surface area contributed by atoms with Gasteiger partial charge in [0.15, 0.2) is 5.82 Å². The Kier molecular flexibility index (Phi) is 4.47. The molecular formula is C14H10Cl2FNO2. The number of anilines is 1. The van der Waals surface area contributed by atoms with Gasteiger partial charge in [-0.2, -0.15) is 0 Å². The number of benzene rings is 2. The summed E-state index contributed by atoms with van der Waals surface area (Å²) in [6.07, 6.45) is 0. The van der Waals surface area contributed by atoms with Crippen LogP contribution in [0.15, 0.2) is 36.4 Å². The number of halogens is 3. The molecule has 0 heterocycles. The van der Waals surface area contributed by atoms with Gasteiger partial charge < -0.3 is 10.4 Å². The molecule has 104 valence electrons. The maximum absolute atomic E-state index is 13.3. The molecule has 6 heteroatoms. The van der Waals surface area contributed by atoms with E-state index in [0.717, 1.165) is 0 Å². The summed E-state index contributed by atoms with van der Waals surface area (Å²) in [5.41, 5.74) is 1.33. The largest absolute Gasteiger partial charge is 0.478 e. The van der Waals surface area contributed by atoms with Crippen molar-refractivity contribution in [1.82, 2.24) is 0 Å². The Morgan fingerprint density at radius 1 is 1.20 bits per heavy atom. The van der Waals surface area contributed by atoms with Crippen molar-refractivity contribution in [1.29, 1.82) is 0 Å². The average molecular weight is 314 g/mol. The van der Waals surface area contributed by atoms with Gasteiger partial charge in [-0.25, -0.2) is 9.18 Å². The Morgan fingerprint density at radius 3 is 2.40 bits per heavy atom. The molecule has 0 bridgehead atoms. The van der Waals surface area contributed by atoms with E-state index in [1.54, 1.807) is 18.2 Å². The van der Waals surface area contributed by atoms with Crippen LogP contribution in [0, 0.1) is 5.82 Å². The first-order chi connectivity index (χ1) is 9.49. The summed E-state index contributed by atoms with van der Waals surface area (Å²) in [6, 6.07) is 9.40. The van der Waals surface area contributed by atoms with E-state index in [1.807, 2.05) is 0 Å². The van der Waals surface area contributed by atoms with E-state index >= 15 is 0 Å². The highest BCUT2D eigenvalue weighted by Gasteiger charge is 2.10. The number of carboxylic acid groups (broad SMARTS) is 1. The predicted octanol–water partition coefficient (Wildman–Crippen LogP) is 4.44. The fourth-order valence-corrected chi connectivity index (χ4v) is 2.23. The molecule has 2 rings (SSSR count). The van der Waals surface area contributed by atoms with Crippen LogP contribution in [0.2, 0.25) is 10.0 Å². The van der Waals surface area contributed by atoms with Crippen LogP contribution in [-0.4, -0.2) is 11.1 Å². The summed E-state index contributed by atoms with van der Waals surface area (Å²) in [6.45, 7) is 0.265. The normalized spacial score (nSPS) is 10.3. The number of carbonyl (C=O) groups is 1. The van der Waals surface area contributed by atoms with Crippen molar-refractivity contribution in [2.45, 2.75) is 6.54 Å². The van der Waals surface area contributed by atoms with Crippen molar-refractivity contribution in [2.24, 2.45) is 0 Å². The number of carboxylic acids is 1. The highest BCUT2D eigenvalue weighted by molar-refractivity contribution is 6.35. The zero-order valence-electron chi connectivity index (χ0n) is 10.2. The van der Waals surface area contributed by atoms with E-state index in [-0.39, 0.29) is 22.2 Å². The van der Waals surface area contributed by atoms with E-state index in [1.165, 1.54) is 18.2 Å². The lowest BCUT2D eigenvalue weighted by atomic mass is 10.1. The minimum Gasteiger partial charge on any atom is -0.478 e. The van der Waals surface area contributed by atoms with Crippen molar-refractivity contribution >= 4 is 34.9 Å². The van der Waals surface area contributed by atoms with Crippen molar-refractivity contribution < 1.29 is 14.3 Å². The Hall–Kier alpha value is -1.78. The first kappa shape index (κ1) is 14.6. The summed E-state index contributed by atoms with van der Waals surface area (Å²) in [4.78, 5) is 11.1. The molecule has 0 spiro atoms. The van der Waals surface area contributed by atoms with Gasteiger partial charge >= 0.3 is 5.97 Å². The Balaban J connectivity index is 2.19. The number of aromatic carboxylic acids is 1. The Labute approximate surface area is 124 Å². The van der Waals surface area contributed by atoms with Gasteiger partial charge in [-0.1, -0.05) is 41.4 Å². The molecule has 0 aliphatic rings. The van der Waals surface area contributed by atoms with Gasteiger partial charge in [0.1, 0.15) is 0 Å². The maximum Gasteiger partial charge on any atom is 0.336 e. The third-order valence-corrected chi connectivity index (χ3v) is 3.26. The van der Waals surface area contributed by atoms with Gasteiger partial charge in [-0.3, -0.25) is 0 Å². The van der Waals surface area contributed by atoms with E-state index < -0.39 is 11.8 Å². The van der Waals surface area contributed by atoms with E-state index in [0.29, 0.717) is 11.3 Å². The van der Waals surface area contributed by atoms with E-state index in [4.69, 9.17) is 28.3 Å². The van der Waals surface area contributed by atoms with Crippen LogP contribution < -0.4 is 5.32 Å². The summed E-state index contributed by atoms with van der Waals surface area (Å²) in [5.74, 6) is -1.68. The van der Waals surface area contributed by atoms with Crippen LogP contribution in [0.3, 0.4) is 0 Å². The number of nitrogens with one attached hydrogen (secondary N) is 1. The SMILES string of the molecule is O=C(O)c1ccccc1CNc1cc(Cl)c(F)c(Cl)c1. The Bertz CT molecular complexity index is 638. The second-order valence-electron chi connectivity index (χ2n) is 4.07. The van der Waals surface area contributed by atoms with E-state index in [2.05, 4.69) is 5.32 Å². The quantitative estimate of drug-likeness (QED) is 0.820. The van der Waals surface area contributed by atoms with Crippen LogP contribution in [-0.2, 0) is 6.54 Å². The number of hydrogen-bond acceptors (Lipinski definition) is 2. The molecule has 2 N–H and O–H groups in total. The molecule has 0 fully saturated rings. The third-order valence-electron chi connectivity index (χ3n) is 2.71. The molecule has 0 saturated heterocycles. The predicted molar refractivity (Wildman–Crippen MR) is 77.1 cm³/mol. The van der Waals surface area contributed by atoms with Gasteiger partial charge in [0.05, 0.1) is 15.6 Å². The minimum absolute atomic E-state index is 0.0912. The fourth-order valence-electron chi connectivity index (χ4n) is 1.74. The molecule has 0 aromatic heterocycles. The van der Waals surface area contributed by atoms with Crippen LogP contribution in [0.25, 0.3) is 0 Å². The van der Waals surface area contributed by atoms with Gasteiger partial charge in [0.2, 0.25) is 0 Å². The van der Waals surface area contributed by atoms with Gasteiger partial charge in [-0.15, -0.1) is 0 Å². The van der Waals surface area contributed by atoms with Gasteiger partial charge in [0, 0.05) is 12.2 Å². The highest BCUT2D eigenvalue weighted by atomic mass is 35.5. The van der Waals surface area contributed by atoms with Crippen molar-refractivity contribution in [3.63, 3.8) is 0 Å². The first-order valence-corrected chi connectivity index (χ1v) is 6.44. The van der Waals surface area contributed by atoms with Crippen LogP contribution >= 0.6 is 23.2 Å². The molecule has 3 nitrogen and oxygen atoms in total. The molecule has 0 atom stereocenters. The molecule has 0 saturated carbocycles. The highest BCUT2D eigenvalue weighted by Crippen LogP contribution is 2.27. The molecule has 0 radical (unpaired) electrons. The summed E-state index contributed by atoms with van der Waals surface area (Å²) >= 11 is 11.4. The summed E-state index contributed by atoms with van der Waals surface area (Å²) < 4.78 is 13.3. The molecule has 0 unspecified atom stereocenters. The number of hydrogen-bond donors (Lipinski definition) is 2. The summed E-state index contributed by atoms with van der Waals surface area (Å²) in [7, 11) is 0. The van der Waals surface area contributed by atoms with E-state index in [9.17, 15) is 9.18 Å². The van der Waals surface area contributed by atoms with Gasteiger partial charge in [-0.05, 0) is 23.8 Å². The lowest BCUT2D eigenvalue weighted by molar-refractivity contribution is 0.0696. The van der Waals surface area contributed by atoms with Crippen LogP contribution in [0.4, 0.5) is 10.1 Å². The number of rotatable bonds is 4. The zero-order valence-corrected chi connectivity index (χ0v) is 11.7. The molecule has 20 heavy (non-hydrogen) atoms. The standard InChI is InChI=1S/C14H10Cl2FNO2/c15-11-5-9(6-12(16)13(11)17)18-7-8-3-1-2-4-10(8)14(19)20/h1-6,18H,7H2,(H,19,20). The van der Waals surface area contributed by atoms with Crippen LogP contribution in [0.5, 0.6) is 0 Å². The van der Waals surface area contributed by atoms with Gasteiger partial charge in [0.25, 0.3) is 0 Å². The molecular weight excluding hydrogens is 304 g/mol.